The molecular formula is C17H15ClN2O6. The first-order valence-corrected chi connectivity index (χ1v) is 8.11. The lowest BCUT2D eigenvalue weighted by Crippen LogP contribution is -2.44. The van der Waals surface area contributed by atoms with Crippen LogP contribution in [0, 0.1) is 5.92 Å². The molecule has 1 aliphatic rings. The zero-order chi connectivity index (χ0) is 18.5. The molecule has 0 bridgehead atoms. The number of amides is 2. The summed E-state index contributed by atoms with van der Waals surface area (Å²) in [6, 6.07) is 8.16. The van der Waals surface area contributed by atoms with Crippen LogP contribution < -0.4 is 15.6 Å². The summed E-state index contributed by atoms with van der Waals surface area (Å²) in [7, 11) is 0. The molecule has 0 fully saturated rings. The molecule has 9 heteroatoms. The van der Waals surface area contributed by atoms with E-state index in [1.54, 1.807) is 18.2 Å². The Bertz CT molecular complexity index is 821. The molecule has 2 amide bonds. The van der Waals surface area contributed by atoms with Crippen LogP contribution in [0.4, 0.5) is 0 Å². The summed E-state index contributed by atoms with van der Waals surface area (Å²) in [5.74, 6) is -1.69. The predicted molar refractivity (Wildman–Crippen MR) is 89.4 cm³/mol. The van der Waals surface area contributed by atoms with Gasteiger partial charge in [-0.2, -0.15) is 0 Å². The largest absolute Gasteiger partial charge is 0.492 e. The Balaban J connectivity index is 1.44. The Morgan fingerprint density at radius 2 is 2.08 bits per heavy atom. The minimum absolute atomic E-state index is 0.0407. The third kappa shape index (κ3) is 4.34. The summed E-state index contributed by atoms with van der Waals surface area (Å²) in [6.45, 7) is -0.375. The fraction of sp³-hybridized carbons (Fsp3) is 0.235. The number of furan rings is 1. The van der Waals surface area contributed by atoms with E-state index in [1.807, 2.05) is 0 Å². The maximum atomic E-state index is 12.1. The van der Waals surface area contributed by atoms with Crippen LogP contribution in [-0.2, 0) is 20.7 Å². The summed E-state index contributed by atoms with van der Waals surface area (Å²) in [5, 5.41) is 0.549. The molecule has 0 spiro atoms. The number of ether oxygens (including phenoxy) is 2. The number of fused-ring (bicyclic) bond motifs is 1. The topological polar surface area (TPSA) is 107 Å². The normalized spacial score (nSPS) is 15.3. The number of carbonyl (C=O) groups is 3. The van der Waals surface area contributed by atoms with Gasteiger partial charge in [0, 0.05) is 5.02 Å². The van der Waals surface area contributed by atoms with Gasteiger partial charge in [-0.1, -0.05) is 11.6 Å². The van der Waals surface area contributed by atoms with E-state index in [0.29, 0.717) is 17.2 Å². The van der Waals surface area contributed by atoms with Crippen LogP contribution in [0.3, 0.4) is 0 Å². The van der Waals surface area contributed by atoms with E-state index in [9.17, 15) is 14.4 Å². The van der Waals surface area contributed by atoms with Crippen molar-refractivity contribution in [2.75, 3.05) is 13.2 Å². The lowest BCUT2D eigenvalue weighted by Gasteiger charge is -2.24. The average molecular weight is 379 g/mol. The number of benzene rings is 1. The highest BCUT2D eigenvalue weighted by Gasteiger charge is 2.28. The number of hydrazine groups is 1. The zero-order valence-electron chi connectivity index (χ0n) is 13.5. The number of rotatable bonds is 4. The molecule has 3 rings (SSSR count). The van der Waals surface area contributed by atoms with Crippen molar-refractivity contribution in [3.63, 3.8) is 0 Å². The molecule has 136 valence electrons. The monoisotopic (exact) mass is 378 g/mol. The summed E-state index contributed by atoms with van der Waals surface area (Å²) in [5.41, 5.74) is 5.08. The molecule has 2 N–H and O–H groups in total. The lowest BCUT2D eigenvalue weighted by molar-refractivity contribution is -0.154. The second kappa shape index (κ2) is 7.92. The summed E-state index contributed by atoms with van der Waals surface area (Å²) in [4.78, 5) is 35.4. The maximum absolute atomic E-state index is 12.1. The van der Waals surface area contributed by atoms with Crippen LogP contribution >= 0.6 is 11.6 Å². The summed E-state index contributed by atoms with van der Waals surface area (Å²) >= 11 is 5.94. The molecule has 1 aromatic carbocycles. The van der Waals surface area contributed by atoms with Crippen molar-refractivity contribution in [2.24, 2.45) is 5.92 Å². The van der Waals surface area contributed by atoms with Gasteiger partial charge >= 0.3 is 11.9 Å². The van der Waals surface area contributed by atoms with Gasteiger partial charge in [0.05, 0.1) is 12.2 Å². The van der Waals surface area contributed by atoms with E-state index < -0.39 is 30.3 Å². The molecule has 2 aromatic rings. The third-order valence-corrected chi connectivity index (χ3v) is 3.90. The predicted octanol–water partition coefficient (Wildman–Crippen LogP) is 1.49. The minimum Gasteiger partial charge on any atom is -0.492 e. The van der Waals surface area contributed by atoms with E-state index in [0.717, 1.165) is 5.56 Å². The number of hydrogen-bond donors (Lipinski definition) is 2. The van der Waals surface area contributed by atoms with E-state index in [1.165, 1.54) is 18.4 Å². The molecule has 0 saturated carbocycles. The summed E-state index contributed by atoms with van der Waals surface area (Å²) in [6.07, 6.45) is 1.74. The van der Waals surface area contributed by atoms with Gasteiger partial charge in [-0.3, -0.25) is 25.2 Å². The van der Waals surface area contributed by atoms with Gasteiger partial charge in [-0.05, 0) is 42.3 Å². The zero-order valence-corrected chi connectivity index (χ0v) is 14.2. The van der Waals surface area contributed by atoms with Gasteiger partial charge in [-0.15, -0.1) is 0 Å². The molecule has 0 radical (unpaired) electrons. The van der Waals surface area contributed by atoms with Crippen molar-refractivity contribution in [2.45, 2.75) is 6.42 Å². The van der Waals surface area contributed by atoms with Crippen LogP contribution in [0.5, 0.6) is 5.75 Å². The number of hydrogen-bond acceptors (Lipinski definition) is 6. The Kier molecular flexibility index (Phi) is 5.43. The second-order valence-electron chi connectivity index (χ2n) is 5.55. The fourth-order valence-corrected chi connectivity index (χ4v) is 2.60. The molecular weight excluding hydrogens is 364 g/mol. The Morgan fingerprint density at radius 3 is 2.85 bits per heavy atom. The lowest BCUT2D eigenvalue weighted by atomic mass is 9.97. The molecule has 0 aliphatic carbocycles. The van der Waals surface area contributed by atoms with Crippen LogP contribution in [0.1, 0.15) is 16.1 Å². The van der Waals surface area contributed by atoms with Gasteiger partial charge in [0.25, 0.3) is 5.91 Å². The Hall–Kier alpha value is -3.00. The van der Waals surface area contributed by atoms with Gasteiger partial charge in [0.2, 0.25) is 0 Å². The van der Waals surface area contributed by atoms with Crippen LogP contribution in [0.15, 0.2) is 41.0 Å². The molecule has 1 aliphatic heterocycles. The van der Waals surface area contributed by atoms with E-state index in [2.05, 4.69) is 10.9 Å². The molecule has 0 saturated heterocycles. The van der Waals surface area contributed by atoms with Crippen LogP contribution in [-0.4, -0.2) is 31.0 Å². The standard InChI is InChI=1S/C17H15ClN2O6/c18-12-3-4-13-10(7-12)6-11(8-25-13)17(23)26-9-15(21)19-20-16(22)14-2-1-5-24-14/h1-5,7,11H,6,8-9H2,(H,19,21)(H,20,22)/t11-/m0/s1. The molecule has 2 heterocycles. The van der Waals surface area contributed by atoms with Crippen molar-refractivity contribution in [3.8, 4) is 5.75 Å². The van der Waals surface area contributed by atoms with Gasteiger partial charge in [-0.25, -0.2) is 0 Å². The number of nitrogens with one attached hydrogen (secondary N) is 2. The number of carbonyl (C=O) groups excluding carboxylic acids is 3. The van der Waals surface area contributed by atoms with Crippen LogP contribution in [0.25, 0.3) is 0 Å². The molecule has 1 aromatic heterocycles. The second-order valence-corrected chi connectivity index (χ2v) is 5.99. The van der Waals surface area contributed by atoms with Gasteiger partial charge in [0.1, 0.15) is 12.4 Å². The quantitative estimate of drug-likeness (QED) is 0.616. The third-order valence-electron chi connectivity index (χ3n) is 3.67. The van der Waals surface area contributed by atoms with Crippen molar-refractivity contribution >= 4 is 29.4 Å². The number of esters is 1. The highest BCUT2D eigenvalue weighted by molar-refractivity contribution is 6.30. The number of halogens is 1. The van der Waals surface area contributed by atoms with E-state index in [4.69, 9.17) is 25.5 Å². The Labute approximate surface area is 153 Å². The molecule has 26 heavy (non-hydrogen) atoms. The highest BCUT2D eigenvalue weighted by atomic mass is 35.5. The van der Waals surface area contributed by atoms with Crippen molar-refractivity contribution < 1.29 is 28.3 Å². The van der Waals surface area contributed by atoms with Gasteiger partial charge in [0.15, 0.2) is 12.4 Å². The van der Waals surface area contributed by atoms with E-state index in [-0.39, 0.29) is 12.4 Å². The fourth-order valence-electron chi connectivity index (χ4n) is 2.40. The first-order chi connectivity index (χ1) is 12.5. The Morgan fingerprint density at radius 1 is 1.23 bits per heavy atom. The first-order valence-electron chi connectivity index (χ1n) is 7.73. The van der Waals surface area contributed by atoms with Crippen LogP contribution in [0.2, 0.25) is 5.02 Å². The molecule has 0 unspecified atom stereocenters. The summed E-state index contributed by atoms with van der Waals surface area (Å²) < 4.78 is 15.4. The molecule has 1 atom stereocenters. The van der Waals surface area contributed by atoms with Crippen molar-refractivity contribution in [3.05, 3.63) is 52.9 Å². The smallest absolute Gasteiger partial charge is 0.313 e. The average Bonchev–Trinajstić information content (AvgIpc) is 3.18. The van der Waals surface area contributed by atoms with Gasteiger partial charge < -0.3 is 13.9 Å². The first kappa shape index (κ1) is 17.8. The SMILES string of the molecule is O=C(COC(=O)[C@@H]1COc2ccc(Cl)cc2C1)NNC(=O)c1ccco1. The highest BCUT2D eigenvalue weighted by Crippen LogP contribution is 2.30. The van der Waals surface area contributed by atoms with Crippen molar-refractivity contribution in [1.29, 1.82) is 0 Å². The van der Waals surface area contributed by atoms with Crippen molar-refractivity contribution in [1.82, 2.24) is 10.9 Å². The minimum atomic E-state index is -0.682. The molecule has 8 nitrogen and oxygen atoms in total. The maximum Gasteiger partial charge on any atom is 0.313 e. The van der Waals surface area contributed by atoms with E-state index >= 15 is 0 Å².